The van der Waals surface area contributed by atoms with Gasteiger partial charge < -0.3 is 15.9 Å². The van der Waals surface area contributed by atoms with Gasteiger partial charge in [0.25, 0.3) is 0 Å². The molecule has 0 saturated heterocycles. The Kier molecular flexibility index (Phi) is 2.22. The zero-order valence-electron chi connectivity index (χ0n) is 6.18. The number of aliphatic hydroxyl groups is 2. The Bertz CT molecular complexity index is 93.7. The molecule has 3 heteroatoms. The fourth-order valence-electron chi connectivity index (χ4n) is 0.204. The smallest absolute Gasteiger partial charge is 0.102 e. The fraction of sp³-hybridized carbons (Fsp3) is 1.00. The summed E-state index contributed by atoms with van der Waals surface area (Å²) in [7, 11) is 0. The lowest BCUT2D eigenvalue weighted by Crippen LogP contribution is -2.56. The van der Waals surface area contributed by atoms with E-state index >= 15 is 0 Å². The van der Waals surface area contributed by atoms with Crippen LogP contribution in [0.4, 0.5) is 0 Å². The van der Waals surface area contributed by atoms with Crippen LogP contribution in [0, 0.1) is 0 Å². The zero-order valence-corrected chi connectivity index (χ0v) is 6.18. The highest BCUT2D eigenvalue weighted by atomic mass is 16.3. The van der Waals surface area contributed by atoms with Crippen LogP contribution >= 0.6 is 0 Å². The van der Waals surface area contributed by atoms with Crippen molar-refractivity contribution in [2.45, 2.75) is 31.9 Å². The van der Waals surface area contributed by atoms with Gasteiger partial charge in [-0.2, -0.15) is 0 Å². The predicted octanol–water partition coefficient (Wildman–Crippen LogP) is -0.533. The summed E-state index contributed by atoms with van der Waals surface area (Å²) in [5.41, 5.74) is 3.58. The summed E-state index contributed by atoms with van der Waals surface area (Å²) < 4.78 is 0. The van der Waals surface area contributed by atoms with Gasteiger partial charge in [0.2, 0.25) is 0 Å². The first-order valence-corrected chi connectivity index (χ1v) is 2.93. The summed E-state index contributed by atoms with van der Waals surface area (Å²) in [5.74, 6) is 0. The summed E-state index contributed by atoms with van der Waals surface area (Å²) in [6.45, 7) is 4.54. The molecule has 56 valence electrons. The largest absolute Gasteiger partial charge is 0.393 e. The molecule has 0 bridgehead atoms. The molecule has 0 aromatic carbocycles. The minimum atomic E-state index is -1.19. The van der Waals surface area contributed by atoms with Crippen molar-refractivity contribution in [3.8, 4) is 0 Å². The number of aliphatic hydroxyl groups excluding tert-OH is 1. The number of rotatable bonds is 2. The average molecular weight is 133 g/mol. The highest BCUT2D eigenvalue weighted by Crippen LogP contribution is 2.16. The van der Waals surface area contributed by atoms with Crippen molar-refractivity contribution in [2.24, 2.45) is 5.73 Å². The van der Waals surface area contributed by atoms with E-state index in [1.807, 2.05) is 0 Å². The topological polar surface area (TPSA) is 66.5 Å². The highest BCUT2D eigenvalue weighted by Gasteiger charge is 2.34. The minimum Gasteiger partial charge on any atom is -0.393 e. The van der Waals surface area contributed by atoms with E-state index in [0.717, 1.165) is 0 Å². The van der Waals surface area contributed by atoms with Gasteiger partial charge in [-0.15, -0.1) is 0 Å². The van der Waals surface area contributed by atoms with Crippen LogP contribution in [0.5, 0.6) is 0 Å². The molecular weight excluding hydrogens is 118 g/mol. The Morgan fingerprint density at radius 1 is 1.33 bits per heavy atom. The summed E-state index contributed by atoms with van der Waals surface area (Å²) in [5, 5.41) is 17.9. The molecule has 9 heavy (non-hydrogen) atoms. The summed E-state index contributed by atoms with van der Waals surface area (Å²) in [6.07, 6.45) is 0. The molecule has 0 fully saturated rings. The summed E-state index contributed by atoms with van der Waals surface area (Å²) in [6, 6.07) is 0. The second-order valence-electron chi connectivity index (χ2n) is 3.15. The maximum atomic E-state index is 9.28. The first kappa shape index (κ1) is 8.88. The van der Waals surface area contributed by atoms with Gasteiger partial charge in [-0.3, -0.25) is 0 Å². The Hall–Kier alpha value is -0.120. The van der Waals surface area contributed by atoms with Gasteiger partial charge in [-0.05, 0) is 20.8 Å². The van der Waals surface area contributed by atoms with E-state index in [1.165, 1.54) is 6.92 Å². The lowest BCUT2D eigenvalue weighted by Gasteiger charge is -2.34. The first-order valence-electron chi connectivity index (χ1n) is 2.93. The van der Waals surface area contributed by atoms with Crippen LogP contribution in [0.2, 0.25) is 0 Å². The van der Waals surface area contributed by atoms with E-state index in [-0.39, 0.29) is 6.61 Å². The van der Waals surface area contributed by atoms with Gasteiger partial charge in [-0.1, -0.05) is 0 Å². The molecule has 0 rings (SSSR count). The number of hydrogen-bond donors (Lipinski definition) is 3. The lowest BCUT2D eigenvalue weighted by molar-refractivity contribution is -0.0483. The fourth-order valence-corrected chi connectivity index (χ4v) is 0.204. The summed E-state index contributed by atoms with van der Waals surface area (Å²) in [4.78, 5) is 0. The van der Waals surface area contributed by atoms with Crippen LogP contribution in [0.25, 0.3) is 0 Å². The van der Waals surface area contributed by atoms with E-state index in [0.29, 0.717) is 0 Å². The van der Waals surface area contributed by atoms with Crippen molar-refractivity contribution < 1.29 is 10.2 Å². The molecule has 0 heterocycles. The van der Waals surface area contributed by atoms with E-state index in [4.69, 9.17) is 10.8 Å². The van der Waals surface area contributed by atoms with Gasteiger partial charge >= 0.3 is 0 Å². The van der Waals surface area contributed by atoms with Crippen molar-refractivity contribution in [3.05, 3.63) is 0 Å². The molecule has 0 amide bonds. The Balaban J connectivity index is 4.14. The van der Waals surface area contributed by atoms with Gasteiger partial charge in [-0.25, -0.2) is 0 Å². The molecule has 0 spiro atoms. The molecule has 0 aromatic rings. The zero-order chi connectivity index (χ0) is 7.71. The van der Waals surface area contributed by atoms with Gasteiger partial charge in [0.1, 0.15) is 5.60 Å². The van der Waals surface area contributed by atoms with Crippen molar-refractivity contribution in [3.63, 3.8) is 0 Å². The second kappa shape index (κ2) is 2.25. The van der Waals surface area contributed by atoms with Crippen molar-refractivity contribution in [2.75, 3.05) is 6.61 Å². The molecule has 4 N–H and O–H groups in total. The van der Waals surface area contributed by atoms with Crippen LogP contribution in [0.15, 0.2) is 0 Å². The lowest BCUT2D eigenvalue weighted by atomic mass is 9.86. The van der Waals surface area contributed by atoms with Gasteiger partial charge in [0.05, 0.1) is 6.61 Å². The number of nitrogens with two attached hydrogens (primary N) is 1. The average Bonchev–Trinajstić information content (AvgIpc) is 1.64. The Morgan fingerprint density at radius 3 is 1.67 bits per heavy atom. The third-order valence-electron chi connectivity index (χ3n) is 1.70. The van der Waals surface area contributed by atoms with Crippen molar-refractivity contribution in [1.29, 1.82) is 0 Å². The van der Waals surface area contributed by atoms with Gasteiger partial charge in [0.15, 0.2) is 0 Å². The van der Waals surface area contributed by atoms with Crippen molar-refractivity contribution >= 4 is 0 Å². The van der Waals surface area contributed by atoms with Gasteiger partial charge in [0, 0.05) is 5.54 Å². The molecule has 1 unspecified atom stereocenters. The quantitative estimate of drug-likeness (QED) is 0.474. The first-order chi connectivity index (χ1) is 3.81. The Labute approximate surface area is 55.5 Å². The van der Waals surface area contributed by atoms with E-state index in [2.05, 4.69) is 0 Å². The van der Waals surface area contributed by atoms with Crippen molar-refractivity contribution in [1.82, 2.24) is 0 Å². The number of hydrogen-bond acceptors (Lipinski definition) is 3. The molecule has 1 atom stereocenters. The molecule has 3 nitrogen and oxygen atoms in total. The van der Waals surface area contributed by atoms with Crippen LogP contribution in [0.3, 0.4) is 0 Å². The molecule has 0 radical (unpaired) electrons. The molecule has 0 aliphatic rings. The standard InChI is InChI=1S/C6H15NO2/c1-5(2,7)6(3,9)4-8/h8-9H,4,7H2,1-3H3. The molecular formula is C6H15NO2. The SMILES string of the molecule is CC(C)(N)C(C)(O)CO. The molecule has 0 aliphatic heterocycles. The van der Waals surface area contributed by atoms with Crippen LogP contribution in [-0.4, -0.2) is 28.0 Å². The third-order valence-corrected chi connectivity index (χ3v) is 1.70. The summed E-state index contributed by atoms with van der Waals surface area (Å²) >= 11 is 0. The molecule has 0 aliphatic carbocycles. The van der Waals surface area contributed by atoms with Crippen LogP contribution < -0.4 is 5.73 Å². The third kappa shape index (κ3) is 1.93. The highest BCUT2D eigenvalue weighted by molar-refractivity contribution is 4.92. The molecule has 0 saturated carbocycles. The minimum absolute atomic E-state index is 0.309. The monoisotopic (exact) mass is 133 g/mol. The van der Waals surface area contributed by atoms with E-state index < -0.39 is 11.1 Å². The van der Waals surface area contributed by atoms with Crippen LogP contribution in [-0.2, 0) is 0 Å². The van der Waals surface area contributed by atoms with E-state index in [9.17, 15) is 5.11 Å². The van der Waals surface area contributed by atoms with Crippen LogP contribution in [0.1, 0.15) is 20.8 Å². The maximum Gasteiger partial charge on any atom is 0.102 e. The van der Waals surface area contributed by atoms with E-state index in [1.54, 1.807) is 13.8 Å². The normalized spacial score (nSPS) is 19.3. The molecule has 0 aromatic heterocycles. The second-order valence-corrected chi connectivity index (χ2v) is 3.15. The Morgan fingerprint density at radius 2 is 1.67 bits per heavy atom. The predicted molar refractivity (Wildman–Crippen MR) is 36.0 cm³/mol. The maximum absolute atomic E-state index is 9.28.